The van der Waals surface area contributed by atoms with E-state index in [9.17, 15) is 0 Å². The van der Waals surface area contributed by atoms with Gasteiger partial charge in [-0.15, -0.1) is 0 Å². The SMILES string of the molecule is c1ccc2c(c1)Cc1ccc3c(c1-2)Cc1cc2c(cc1-3)N1c3ccccc3Cc3ccnc(c31)C2. The molecule has 2 nitrogen and oxygen atoms in total. The average molecular weight is 447 g/mol. The third-order valence-corrected chi connectivity index (χ3v) is 8.55. The first-order valence-corrected chi connectivity index (χ1v) is 12.6. The third-order valence-electron chi connectivity index (χ3n) is 8.55. The van der Waals surface area contributed by atoms with Crippen LogP contribution in [-0.4, -0.2) is 4.98 Å². The summed E-state index contributed by atoms with van der Waals surface area (Å²) in [6.45, 7) is 0. The number of benzene rings is 4. The molecule has 0 saturated heterocycles. The van der Waals surface area contributed by atoms with E-state index in [4.69, 9.17) is 4.98 Å². The minimum absolute atomic E-state index is 0.905. The van der Waals surface area contributed by atoms with Crippen LogP contribution in [0.1, 0.15) is 44.6 Å². The minimum atomic E-state index is 0.905. The summed E-state index contributed by atoms with van der Waals surface area (Å²) >= 11 is 0. The lowest BCUT2D eigenvalue weighted by molar-refractivity contribution is 0.958. The first kappa shape index (κ1) is 18.2. The van der Waals surface area contributed by atoms with E-state index >= 15 is 0 Å². The molecule has 0 saturated carbocycles. The molecular weight excluding hydrogens is 424 g/mol. The molecular formula is C33H22N2. The van der Waals surface area contributed by atoms with Crippen LogP contribution in [0.15, 0.2) is 85.1 Å². The summed E-state index contributed by atoms with van der Waals surface area (Å²) in [5.41, 5.74) is 21.0. The predicted octanol–water partition coefficient (Wildman–Crippen LogP) is 7.50. The highest BCUT2D eigenvalue weighted by molar-refractivity contribution is 5.94. The fourth-order valence-corrected chi connectivity index (χ4v) is 7.08. The van der Waals surface area contributed by atoms with E-state index in [0.29, 0.717) is 0 Å². The molecule has 3 heterocycles. The van der Waals surface area contributed by atoms with Crippen molar-refractivity contribution in [2.45, 2.75) is 25.7 Å². The number of hydrogen-bond donors (Lipinski definition) is 0. The van der Waals surface area contributed by atoms with Gasteiger partial charge in [0.05, 0.1) is 17.1 Å². The van der Waals surface area contributed by atoms with Crippen LogP contribution >= 0.6 is 0 Å². The van der Waals surface area contributed by atoms with Gasteiger partial charge in [0.25, 0.3) is 0 Å². The predicted molar refractivity (Wildman–Crippen MR) is 141 cm³/mol. The molecule has 0 amide bonds. The zero-order valence-electron chi connectivity index (χ0n) is 19.3. The molecule has 0 N–H and O–H groups in total. The molecule has 0 radical (unpaired) electrons. The molecule has 4 aromatic carbocycles. The molecule has 2 aliphatic heterocycles. The summed E-state index contributed by atoms with van der Waals surface area (Å²) in [5.74, 6) is 0. The second-order valence-electron chi connectivity index (χ2n) is 10.4. The molecule has 35 heavy (non-hydrogen) atoms. The molecule has 164 valence electrons. The van der Waals surface area contributed by atoms with Gasteiger partial charge in [-0.05, 0) is 92.2 Å². The van der Waals surface area contributed by atoms with E-state index in [2.05, 4.69) is 83.8 Å². The van der Waals surface area contributed by atoms with Gasteiger partial charge in [-0.1, -0.05) is 60.7 Å². The van der Waals surface area contributed by atoms with Crippen LogP contribution in [0.2, 0.25) is 0 Å². The summed E-state index contributed by atoms with van der Waals surface area (Å²) in [4.78, 5) is 7.34. The van der Waals surface area contributed by atoms with Crippen molar-refractivity contribution in [2.75, 3.05) is 4.90 Å². The van der Waals surface area contributed by atoms with Gasteiger partial charge in [-0.2, -0.15) is 0 Å². The summed E-state index contributed by atoms with van der Waals surface area (Å²) in [6.07, 6.45) is 5.95. The number of para-hydroxylation sites is 1. The number of rotatable bonds is 0. The molecule has 0 unspecified atom stereocenters. The lowest BCUT2D eigenvalue weighted by atomic mass is 9.87. The Kier molecular flexibility index (Phi) is 3.27. The maximum Gasteiger partial charge on any atom is 0.0716 e. The smallest absolute Gasteiger partial charge is 0.0716 e. The fourth-order valence-electron chi connectivity index (χ4n) is 7.08. The van der Waals surface area contributed by atoms with Crippen molar-refractivity contribution in [1.29, 1.82) is 0 Å². The van der Waals surface area contributed by atoms with Crippen molar-refractivity contribution in [1.82, 2.24) is 4.98 Å². The topological polar surface area (TPSA) is 16.1 Å². The molecule has 2 aliphatic carbocycles. The number of fused-ring (bicyclic) bond motifs is 11. The Morgan fingerprint density at radius 1 is 0.543 bits per heavy atom. The van der Waals surface area contributed by atoms with E-state index in [1.807, 2.05) is 6.20 Å². The van der Waals surface area contributed by atoms with Gasteiger partial charge in [-0.3, -0.25) is 4.98 Å². The van der Waals surface area contributed by atoms with Gasteiger partial charge in [0, 0.05) is 24.7 Å². The Morgan fingerprint density at radius 2 is 1.40 bits per heavy atom. The highest BCUT2D eigenvalue weighted by Gasteiger charge is 2.35. The van der Waals surface area contributed by atoms with Crippen LogP contribution in [0.5, 0.6) is 0 Å². The van der Waals surface area contributed by atoms with Crippen molar-refractivity contribution in [3.63, 3.8) is 0 Å². The number of pyridine rings is 1. The normalized spacial score (nSPS) is 14.9. The van der Waals surface area contributed by atoms with Crippen LogP contribution in [0.4, 0.5) is 17.1 Å². The summed E-state index contributed by atoms with van der Waals surface area (Å²) in [6, 6.07) is 29.7. The van der Waals surface area contributed by atoms with Crippen molar-refractivity contribution in [3.05, 3.63) is 130 Å². The minimum Gasteiger partial charge on any atom is -0.308 e. The second-order valence-corrected chi connectivity index (χ2v) is 10.4. The van der Waals surface area contributed by atoms with Crippen molar-refractivity contribution in [3.8, 4) is 22.3 Å². The largest absolute Gasteiger partial charge is 0.308 e. The van der Waals surface area contributed by atoms with Crippen LogP contribution in [-0.2, 0) is 25.7 Å². The summed E-state index contributed by atoms with van der Waals surface area (Å²) < 4.78 is 0. The summed E-state index contributed by atoms with van der Waals surface area (Å²) in [7, 11) is 0. The fraction of sp³-hybridized carbons (Fsp3) is 0.121. The Balaban J connectivity index is 1.28. The molecule has 0 atom stereocenters. The van der Waals surface area contributed by atoms with Gasteiger partial charge in [0.2, 0.25) is 0 Å². The summed E-state index contributed by atoms with van der Waals surface area (Å²) in [5, 5.41) is 0. The molecule has 9 rings (SSSR count). The maximum atomic E-state index is 4.85. The van der Waals surface area contributed by atoms with Crippen LogP contribution in [0.3, 0.4) is 0 Å². The van der Waals surface area contributed by atoms with E-state index in [-0.39, 0.29) is 0 Å². The van der Waals surface area contributed by atoms with Gasteiger partial charge in [-0.25, -0.2) is 0 Å². The highest BCUT2D eigenvalue weighted by Crippen LogP contribution is 2.53. The van der Waals surface area contributed by atoms with E-state index in [0.717, 1.165) is 25.7 Å². The third kappa shape index (κ3) is 2.27. The molecule has 0 bridgehead atoms. The number of nitrogens with zero attached hydrogens (tertiary/aromatic N) is 2. The van der Waals surface area contributed by atoms with Crippen molar-refractivity contribution < 1.29 is 0 Å². The van der Waals surface area contributed by atoms with Crippen LogP contribution in [0.25, 0.3) is 22.3 Å². The molecule has 5 aromatic rings. The lowest BCUT2D eigenvalue weighted by Crippen LogP contribution is -2.25. The van der Waals surface area contributed by atoms with E-state index in [1.54, 1.807) is 0 Å². The number of aromatic nitrogens is 1. The number of hydrogen-bond acceptors (Lipinski definition) is 2. The van der Waals surface area contributed by atoms with Gasteiger partial charge >= 0.3 is 0 Å². The van der Waals surface area contributed by atoms with Crippen molar-refractivity contribution in [2.24, 2.45) is 0 Å². The average Bonchev–Trinajstić information content (AvgIpc) is 3.45. The Bertz CT molecular complexity index is 1760. The molecule has 0 fully saturated rings. The van der Waals surface area contributed by atoms with E-state index in [1.165, 1.54) is 84.0 Å². The zero-order chi connectivity index (χ0) is 22.7. The monoisotopic (exact) mass is 446 g/mol. The highest BCUT2D eigenvalue weighted by atomic mass is 15.2. The molecule has 0 spiro atoms. The van der Waals surface area contributed by atoms with Crippen LogP contribution < -0.4 is 4.90 Å². The van der Waals surface area contributed by atoms with Crippen molar-refractivity contribution >= 4 is 17.1 Å². The van der Waals surface area contributed by atoms with E-state index < -0.39 is 0 Å². The quantitative estimate of drug-likeness (QED) is 0.240. The lowest BCUT2D eigenvalue weighted by Gasteiger charge is -2.39. The Morgan fingerprint density at radius 3 is 2.37 bits per heavy atom. The standard InChI is InChI=1S/C33H22N2/c1-3-7-25-19(5-1)13-21-9-10-26-27-18-31-24(15-23(27)16-28(26)32(21)25)17-29-33-22(11-12-34-29)14-20-6-2-4-8-30(20)35(31)33/h1-12,15,18H,13-14,16-17H2. The first-order valence-electron chi connectivity index (χ1n) is 12.6. The second kappa shape index (κ2) is 6.28. The molecule has 2 heteroatoms. The number of anilines is 3. The van der Waals surface area contributed by atoms with Crippen LogP contribution in [0, 0.1) is 0 Å². The van der Waals surface area contributed by atoms with Gasteiger partial charge < -0.3 is 4.90 Å². The first-order chi connectivity index (χ1) is 17.3. The Labute approximate surface area is 204 Å². The maximum absolute atomic E-state index is 4.85. The molecule has 4 aliphatic rings. The molecule has 1 aromatic heterocycles. The van der Waals surface area contributed by atoms with Gasteiger partial charge in [0.15, 0.2) is 0 Å². The Hall–Kier alpha value is -4.17. The van der Waals surface area contributed by atoms with Gasteiger partial charge in [0.1, 0.15) is 0 Å². The zero-order valence-corrected chi connectivity index (χ0v) is 19.3.